The lowest BCUT2D eigenvalue weighted by Crippen LogP contribution is -2.08. The molecule has 1 aromatic rings. The maximum absolute atomic E-state index is 13.2. The molecule has 0 unspecified atom stereocenters. The van der Waals surface area contributed by atoms with E-state index in [9.17, 15) is 18.0 Å². The first-order valence-electron chi connectivity index (χ1n) is 3.76. The van der Waals surface area contributed by atoms with Crippen molar-refractivity contribution in [2.75, 3.05) is 0 Å². The molecule has 0 aliphatic rings. The topological polar surface area (TPSA) is 50.2 Å². The zero-order valence-electron chi connectivity index (χ0n) is 7.18. The fraction of sp³-hybridized carbons (Fsp3) is 0.250. The third-order valence-electron chi connectivity index (χ3n) is 1.54. The van der Waals surface area contributed by atoms with Crippen LogP contribution in [0.4, 0.5) is 13.2 Å². The number of carbonyl (C=O) groups is 1. The Labute approximate surface area is 96.5 Å². The fourth-order valence-electron chi connectivity index (χ4n) is 0.940. The summed E-state index contributed by atoms with van der Waals surface area (Å²) in [5.41, 5.74) is -1.08. The summed E-state index contributed by atoms with van der Waals surface area (Å²) in [7, 11) is 0. The summed E-state index contributed by atoms with van der Waals surface area (Å²) < 4.78 is 37.7. The van der Waals surface area contributed by atoms with Crippen LogP contribution in [0.25, 0.3) is 0 Å². The highest BCUT2D eigenvalue weighted by molar-refractivity contribution is 14.1. The van der Waals surface area contributed by atoms with Crippen molar-refractivity contribution in [3.63, 3.8) is 0 Å². The van der Waals surface area contributed by atoms with Crippen LogP contribution < -0.4 is 0 Å². The average Bonchev–Trinajstić information content (AvgIpc) is 2.11. The summed E-state index contributed by atoms with van der Waals surface area (Å²) in [4.78, 5) is 13.6. The zero-order valence-corrected chi connectivity index (χ0v) is 9.33. The predicted octanol–water partition coefficient (Wildman–Crippen LogP) is 2.39. The molecule has 0 saturated heterocycles. The van der Waals surface area contributed by atoms with Crippen molar-refractivity contribution < 1.29 is 23.1 Å². The van der Waals surface area contributed by atoms with Gasteiger partial charge in [-0.15, -0.1) is 0 Å². The molecule has 3 nitrogen and oxygen atoms in total. The normalized spacial score (nSPS) is 10.7. The molecule has 0 aromatic carbocycles. The third kappa shape index (κ3) is 3.05. The summed E-state index contributed by atoms with van der Waals surface area (Å²) in [5.74, 6) is -2.17. The van der Waals surface area contributed by atoms with E-state index in [2.05, 4.69) is 4.98 Å². The number of hydrogen-bond acceptors (Lipinski definition) is 2. The molecule has 0 radical (unpaired) electrons. The Morgan fingerprint density at radius 2 is 2.20 bits per heavy atom. The van der Waals surface area contributed by atoms with Gasteiger partial charge in [0.2, 0.25) is 0 Å². The monoisotopic (exact) mass is 331 g/mol. The molecule has 1 heterocycles. The minimum Gasteiger partial charge on any atom is -0.481 e. The van der Waals surface area contributed by atoms with E-state index in [4.69, 9.17) is 5.11 Å². The van der Waals surface area contributed by atoms with Gasteiger partial charge in [-0.2, -0.15) is 0 Å². The van der Waals surface area contributed by atoms with Crippen molar-refractivity contribution in [3.05, 3.63) is 26.8 Å². The van der Waals surface area contributed by atoms with Gasteiger partial charge in [-0.25, -0.2) is 18.2 Å². The molecule has 0 spiro atoms. The van der Waals surface area contributed by atoms with Gasteiger partial charge in [0, 0.05) is 0 Å². The van der Waals surface area contributed by atoms with Gasteiger partial charge in [0.15, 0.2) is 5.82 Å². The Kier molecular flexibility index (Phi) is 3.89. The van der Waals surface area contributed by atoms with Crippen molar-refractivity contribution >= 4 is 28.6 Å². The van der Waals surface area contributed by atoms with E-state index >= 15 is 0 Å². The van der Waals surface area contributed by atoms with Crippen LogP contribution in [0.1, 0.15) is 17.8 Å². The Hall–Kier alpha value is -0.860. The fourth-order valence-corrected chi connectivity index (χ4v) is 1.57. The zero-order chi connectivity index (χ0) is 11.6. The van der Waals surface area contributed by atoms with E-state index < -0.39 is 36.0 Å². The number of carboxylic acid groups (broad SMARTS) is 1. The number of alkyl halides is 2. The number of carboxylic acids is 1. The molecule has 0 aliphatic carbocycles. The van der Waals surface area contributed by atoms with E-state index in [0.29, 0.717) is 0 Å². The van der Waals surface area contributed by atoms with E-state index in [1.54, 1.807) is 0 Å². The van der Waals surface area contributed by atoms with Crippen LogP contribution >= 0.6 is 22.6 Å². The number of aromatic nitrogens is 1. The lowest BCUT2D eigenvalue weighted by molar-refractivity contribution is -0.136. The summed E-state index contributed by atoms with van der Waals surface area (Å²) in [6.45, 7) is 0. The number of halogens is 4. The largest absolute Gasteiger partial charge is 0.481 e. The number of nitrogens with zero attached hydrogens (tertiary/aromatic N) is 1. The van der Waals surface area contributed by atoms with Crippen LogP contribution in [0.3, 0.4) is 0 Å². The maximum Gasteiger partial charge on any atom is 0.309 e. The van der Waals surface area contributed by atoms with Gasteiger partial charge < -0.3 is 5.11 Å². The Balaban J connectivity index is 3.18. The quantitative estimate of drug-likeness (QED) is 0.866. The van der Waals surface area contributed by atoms with Gasteiger partial charge in [-0.05, 0) is 28.7 Å². The van der Waals surface area contributed by atoms with E-state index in [1.165, 1.54) is 22.6 Å². The molecule has 1 N–H and O–H groups in total. The van der Waals surface area contributed by atoms with Crippen molar-refractivity contribution in [1.29, 1.82) is 0 Å². The highest BCUT2D eigenvalue weighted by atomic mass is 127. The summed E-state index contributed by atoms with van der Waals surface area (Å²) in [5, 5.41) is 8.42. The van der Waals surface area contributed by atoms with Crippen LogP contribution in [0, 0.1) is 9.39 Å². The third-order valence-corrected chi connectivity index (χ3v) is 2.33. The van der Waals surface area contributed by atoms with Gasteiger partial charge >= 0.3 is 5.97 Å². The van der Waals surface area contributed by atoms with Gasteiger partial charge in [-0.1, -0.05) is 0 Å². The number of hydrogen-bond donors (Lipinski definition) is 1. The van der Waals surface area contributed by atoms with E-state index in [1.807, 2.05) is 0 Å². The second-order valence-electron chi connectivity index (χ2n) is 2.66. The van der Waals surface area contributed by atoms with Crippen molar-refractivity contribution in [1.82, 2.24) is 4.98 Å². The molecule has 0 atom stereocenters. The predicted molar refractivity (Wildman–Crippen MR) is 53.2 cm³/mol. The molecule has 1 rings (SSSR count). The smallest absolute Gasteiger partial charge is 0.309 e. The van der Waals surface area contributed by atoms with Gasteiger partial charge in [0.1, 0.15) is 5.69 Å². The minimum atomic E-state index is -2.84. The summed E-state index contributed by atoms with van der Waals surface area (Å²) in [6, 6.07) is 0.895. The SMILES string of the molecule is O=C(O)Cc1nc(C(F)F)cc(I)c1F. The highest BCUT2D eigenvalue weighted by Crippen LogP contribution is 2.22. The van der Waals surface area contributed by atoms with E-state index in [0.717, 1.165) is 6.07 Å². The first-order valence-corrected chi connectivity index (χ1v) is 4.84. The molecular formula is C8H5F3INO2. The first-order chi connectivity index (χ1) is 6.91. The summed E-state index contributed by atoms with van der Waals surface area (Å²) in [6.07, 6.45) is -3.55. The number of pyridine rings is 1. The molecule has 0 bridgehead atoms. The molecule has 0 fully saturated rings. The van der Waals surface area contributed by atoms with Crippen molar-refractivity contribution in [2.45, 2.75) is 12.8 Å². The highest BCUT2D eigenvalue weighted by Gasteiger charge is 2.17. The van der Waals surface area contributed by atoms with Gasteiger partial charge in [-0.3, -0.25) is 4.79 Å². The van der Waals surface area contributed by atoms with Crippen LogP contribution in [0.5, 0.6) is 0 Å². The Bertz CT molecular complexity index is 398. The molecule has 0 aliphatic heterocycles. The lowest BCUT2D eigenvalue weighted by Gasteiger charge is -2.05. The average molecular weight is 331 g/mol. The molecule has 0 amide bonds. The van der Waals surface area contributed by atoms with Gasteiger partial charge in [0.25, 0.3) is 6.43 Å². The minimum absolute atomic E-state index is 0.0610. The molecule has 15 heavy (non-hydrogen) atoms. The van der Waals surface area contributed by atoms with Crippen LogP contribution in [-0.4, -0.2) is 16.1 Å². The Morgan fingerprint density at radius 1 is 1.60 bits per heavy atom. The van der Waals surface area contributed by atoms with Crippen LogP contribution in [-0.2, 0) is 11.2 Å². The second kappa shape index (κ2) is 4.77. The number of rotatable bonds is 3. The standard InChI is InChI=1S/C8H5F3INO2/c9-7-3(12)1-5(8(10)11)13-4(7)2-6(14)15/h1,8H,2H2,(H,14,15). The van der Waals surface area contributed by atoms with Crippen LogP contribution in [0.2, 0.25) is 0 Å². The Morgan fingerprint density at radius 3 is 2.67 bits per heavy atom. The van der Waals surface area contributed by atoms with E-state index in [-0.39, 0.29) is 3.57 Å². The first kappa shape index (κ1) is 12.2. The van der Waals surface area contributed by atoms with Crippen LogP contribution in [0.15, 0.2) is 6.07 Å². The van der Waals surface area contributed by atoms with Gasteiger partial charge in [0.05, 0.1) is 15.7 Å². The second-order valence-corrected chi connectivity index (χ2v) is 3.82. The maximum atomic E-state index is 13.2. The number of aliphatic carboxylic acids is 1. The summed E-state index contributed by atoms with van der Waals surface area (Å²) >= 11 is 1.51. The lowest BCUT2D eigenvalue weighted by atomic mass is 10.2. The molecule has 0 saturated carbocycles. The van der Waals surface area contributed by atoms with Crippen molar-refractivity contribution in [2.24, 2.45) is 0 Å². The molecular weight excluding hydrogens is 326 g/mol. The molecule has 7 heteroatoms. The molecule has 82 valence electrons. The molecule has 1 aromatic heterocycles. The van der Waals surface area contributed by atoms with Crippen molar-refractivity contribution in [3.8, 4) is 0 Å².